The van der Waals surface area contributed by atoms with E-state index < -0.39 is 10.0 Å². The lowest BCUT2D eigenvalue weighted by molar-refractivity contribution is 0.102. The van der Waals surface area contributed by atoms with E-state index in [1.807, 2.05) is 32.9 Å². The van der Waals surface area contributed by atoms with E-state index in [4.69, 9.17) is 0 Å². The number of amides is 1. The minimum atomic E-state index is -3.75. The number of aromatic nitrogens is 1. The Hall–Kier alpha value is -3.19. The third kappa shape index (κ3) is 4.37. The Morgan fingerprint density at radius 3 is 2.29 bits per heavy atom. The molecule has 3 rings (SSSR count). The van der Waals surface area contributed by atoms with Gasteiger partial charge in [0.25, 0.3) is 15.9 Å². The van der Waals surface area contributed by atoms with Crippen LogP contribution in [0.4, 0.5) is 11.5 Å². The molecule has 1 aromatic heterocycles. The number of nitrogens with zero attached hydrogens (tertiary/aromatic N) is 1. The van der Waals surface area contributed by atoms with Crippen molar-refractivity contribution in [3.63, 3.8) is 0 Å². The van der Waals surface area contributed by atoms with Gasteiger partial charge < -0.3 is 5.32 Å². The Bertz CT molecular complexity index is 1110. The molecular formula is C21H21N3O3S. The summed E-state index contributed by atoms with van der Waals surface area (Å²) in [6.45, 7) is 5.69. The monoisotopic (exact) mass is 395 g/mol. The van der Waals surface area contributed by atoms with Crippen molar-refractivity contribution in [2.75, 3.05) is 10.0 Å². The molecule has 0 aliphatic carbocycles. The molecular weight excluding hydrogens is 374 g/mol. The fourth-order valence-electron chi connectivity index (χ4n) is 2.58. The van der Waals surface area contributed by atoms with Crippen LogP contribution >= 0.6 is 0 Å². The largest absolute Gasteiger partial charge is 0.307 e. The van der Waals surface area contributed by atoms with Gasteiger partial charge in [0, 0.05) is 11.8 Å². The van der Waals surface area contributed by atoms with Gasteiger partial charge in [0.15, 0.2) is 0 Å². The van der Waals surface area contributed by atoms with Crippen LogP contribution in [-0.2, 0) is 10.0 Å². The molecule has 0 saturated carbocycles. The lowest BCUT2D eigenvalue weighted by Crippen LogP contribution is -2.15. The molecule has 0 bridgehead atoms. The first-order valence-corrected chi connectivity index (χ1v) is 10.2. The summed E-state index contributed by atoms with van der Waals surface area (Å²) in [6.07, 6.45) is 1.66. The number of benzene rings is 2. The van der Waals surface area contributed by atoms with Crippen molar-refractivity contribution < 1.29 is 13.2 Å². The first-order valence-electron chi connectivity index (χ1n) is 8.69. The summed E-state index contributed by atoms with van der Waals surface area (Å²) in [5.41, 5.74) is 3.73. The highest BCUT2D eigenvalue weighted by Gasteiger charge is 2.16. The molecule has 1 heterocycles. The number of nitrogens with one attached hydrogen (secondary N) is 2. The number of hydrogen-bond donors (Lipinski definition) is 2. The van der Waals surface area contributed by atoms with Gasteiger partial charge in [0.1, 0.15) is 5.82 Å². The van der Waals surface area contributed by atoms with Crippen LogP contribution in [-0.4, -0.2) is 19.3 Å². The van der Waals surface area contributed by atoms with Crippen LogP contribution in [0.5, 0.6) is 0 Å². The van der Waals surface area contributed by atoms with E-state index in [1.54, 1.807) is 24.4 Å². The quantitative estimate of drug-likeness (QED) is 0.682. The van der Waals surface area contributed by atoms with Crippen molar-refractivity contribution in [3.8, 4) is 0 Å². The first kappa shape index (κ1) is 19.6. The van der Waals surface area contributed by atoms with E-state index in [1.165, 1.54) is 24.3 Å². The molecule has 0 aliphatic heterocycles. The molecule has 0 aliphatic rings. The highest BCUT2D eigenvalue weighted by Crippen LogP contribution is 2.22. The van der Waals surface area contributed by atoms with E-state index in [0.717, 1.165) is 16.7 Å². The van der Waals surface area contributed by atoms with Crippen LogP contribution < -0.4 is 10.0 Å². The number of sulfonamides is 1. The van der Waals surface area contributed by atoms with Gasteiger partial charge in [0.2, 0.25) is 0 Å². The Morgan fingerprint density at radius 2 is 1.64 bits per heavy atom. The lowest BCUT2D eigenvalue weighted by atomic mass is 10.1. The molecule has 7 heteroatoms. The number of carbonyl (C=O) groups excluding carboxylic acids is 1. The second-order valence-electron chi connectivity index (χ2n) is 6.55. The summed E-state index contributed by atoms with van der Waals surface area (Å²) in [6, 6.07) is 14.8. The van der Waals surface area contributed by atoms with Gasteiger partial charge >= 0.3 is 0 Å². The fraction of sp³-hybridized carbons (Fsp3) is 0.143. The van der Waals surface area contributed by atoms with Crippen molar-refractivity contribution in [1.29, 1.82) is 0 Å². The van der Waals surface area contributed by atoms with Crippen molar-refractivity contribution in [3.05, 3.63) is 83.0 Å². The third-order valence-electron chi connectivity index (χ3n) is 4.43. The summed E-state index contributed by atoms with van der Waals surface area (Å²) in [5.74, 6) is 0.0756. The van der Waals surface area contributed by atoms with Crippen LogP contribution in [0.2, 0.25) is 0 Å². The first-order chi connectivity index (χ1) is 13.3. The number of hydrogen-bond acceptors (Lipinski definition) is 4. The van der Waals surface area contributed by atoms with Crippen molar-refractivity contribution in [1.82, 2.24) is 4.98 Å². The molecule has 0 saturated heterocycles. The smallest absolute Gasteiger partial charge is 0.261 e. The number of carbonyl (C=O) groups is 1. The van der Waals surface area contributed by atoms with Crippen molar-refractivity contribution in [2.24, 2.45) is 0 Å². The van der Waals surface area contributed by atoms with Crippen LogP contribution in [0.15, 0.2) is 65.7 Å². The second-order valence-corrected chi connectivity index (χ2v) is 8.23. The molecule has 28 heavy (non-hydrogen) atoms. The number of aryl methyl sites for hydroxylation is 2. The zero-order chi connectivity index (χ0) is 20.3. The highest BCUT2D eigenvalue weighted by atomic mass is 32.2. The molecule has 144 valence electrons. The SMILES string of the molecule is Cc1ccc(NC(=O)c2ccc(S(=O)(=O)Nc3cccc(C)c3C)cc2)nc1. The second kappa shape index (κ2) is 7.82. The molecule has 6 nitrogen and oxygen atoms in total. The van der Waals surface area contributed by atoms with Gasteiger partial charge in [-0.1, -0.05) is 18.2 Å². The molecule has 0 atom stereocenters. The lowest BCUT2D eigenvalue weighted by Gasteiger charge is -2.12. The van der Waals surface area contributed by atoms with E-state index >= 15 is 0 Å². The van der Waals surface area contributed by atoms with Crippen LogP contribution in [0.3, 0.4) is 0 Å². The van der Waals surface area contributed by atoms with Crippen molar-refractivity contribution >= 4 is 27.4 Å². The zero-order valence-electron chi connectivity index (χ0n) is 15.9. The Labute approximate surface area is 164 Å². The van der Waals surface area contributed by atoms with E-state index in [0.29, 0.717) is 17.1 Å². The standard InChI is InChI=1S/C21H21N3O3S/c1-14-7-12-20(22-13-14)23-21(25)17-8-10-18(11-9-17)28(26,27)24-19-6-4-5-15(2)16(19)3/h4-13,24H,1-3H3,(H,22,23,25). The molecule has 2 aromatic carbocycles. The van der Waals surface area contributed by atoms with Crippen LogP contribution in [0, 0.1) is 20.8 Å². The van der Waals surface area contributed by atoms with E-state index in [-0.39, 0.29) is 10.8 Å². The maximum atomic E-state index is 12.6. The fourth-order valence-corrected chi connectivity index (χ4v) is 3.70. The molecule has 0 unspecified atom stereocenters. The van der Waals surface area contributed by atoms with Crippen LogP contribution in [0.1, 0.15) is 27.0 Å². The number of anilines is 2. The van der Waals surface area contributed by atoms with E-state index in [9.17, 15) is 13.2 Å². The average molecular weight is 395 g/mol. The molecule has 0 radical (unpaired) electrons. The normalized spacial score (nSPS) is 11.1. The summed E-state index contributed by atoms with van der Waals surface area (Å²) in [4.78, 5) is 16.5. The number of rotatable bonds is 5. The van der Waals surface area contributed by atoms with Gasteiger partial charge in [-0.2, -0.15) is 0 Å². The summed E-state index contributed by atoms with van der Waals surface area (Å²) < 4.78 is 27.9. The maximum Gasteiger partial charge on any atom is 0.261 e. The van der Waals surface area contributed by atoms with Gasteiger partial charge in [-0.15, -0.1) is 0 Å². The molecule has 0 fully saturated rings. The minimum absolute atomic E-state index is 0.0819. The zero-order valence-corrected chi connectivity index (χ0v) is 16.7. The summed E-state index contributed by atoms with van der Waals surface area (Å²) in [5, 5.41) is 2.68. The Morgan fingerprint density at radius 1 is 0.929 bits per heavy atom. The molecule has 3 aromatic rings. The Kier molecular flexibility index (Phi) is 5.46. The number of pyridine rings is 1. The topological polar surface area (TPSA) is 88.2 Å². The molecule has 0 spiro atoms. The third-order valence-corrected chi connectivity index (χ3v) is 5.81. The van der Waals surface area contributed by atoms with Crippen molar-refractivity contribution in [2.45, 2.75) is 25.7 Å². The maximum absolute atomic E-state index is 12.6. The predicted molar refractivity (Wildman–Crippen MR) is 110 cm³/mol. The molecule has 1 amide bonds. The average Bonchev–Trinajstić information content (AvgIpc) is 2.67. The van der Waals surface area contributed by atoms with Gasteiger partial charge in [0.05, 0.1) is 10.6 Å². The van der Waals surface area contributed by atoms with Gasteiger partial charge in [-0.25, -0.2) is 13.4 Å². The highest BCUT2D eigenvalue weighted by molar-refractivity contribution is 7.92. The van der Waals surface area contributed by atoms with E-state index in [2.05, 4.69) is 15.0 Å². The minimum Gasteiger partial charge on any atom is -0.307 e. The molecule has 2 N–H and O–H groups in total. The van der Waals surface area contributed by atoms with Crippen LogP contribution in [0.25, 0.3) is 0 Å². The summed E-state index contributed by atoms with van der Waals surface area (Å²) >= 11 is 0. The predicted octanol–water partition coefficient (Wildman–Crippen LogP) is 4.06. The summed E-state index contributed by atoms with van der Waals surface area (Å²) in [7, 11) is -3.75. The van der Waals surface area contributed by atoms with Gasteiger partial charge in [-0.3, -0.25) is 9.52 Å². The van der Waals surface area contributed by atoms with Gasteiger partial charge in [-0.05, 0) is 73.9 Å². The Balaban J connectivity index is 1.76.